The van der Waals surface area contributed by atoms with Gasteiger partial charge in [0, 0.05) is 7.11 Å². The number of methoxy groups -OCH3 is 1. The number of hydrogen-bond acceptors (Lipinski definition) is 5. The van der Waals surface area contributed by atoms with Gasteiger partial charge in [0.05, 0.1) is 12.6 Å². The standard InChI is InChI=1S/C7H10O5/c1-10-5-4-3(12-4)2-11-6(5)7(8)9/h3-6H,2H2,1H3,(H,8,9)/p-1. The lowest BCUT2D eigenvalue weighted by atomic mass is 10.1. The molecule has 0 saturated carbocycles. The summed E-state index contributed by atoms with van der Waals surface area (Å²) in [6.07, 6.45) is -1.61. The molecule has 5 nitrogen and oxygen atoms in total. The van der Waals surface area contributed by atoms with E-state index >= 15 is 0 Å². The smallest absolute Gasteiger partial charge is 0.126 e. The summed E-state index contributed by atoms with van der Waals surface area (Å²) in [5.74, 6) is -1.24. The Labute approximate surface area is 69.2 Å². The lowest BCUT2D eigenvalue weighted by Gasteiger charge is -2.28. The van der Waals surface area contributed by atoms with Gasteiger partial charge >= 0.3 is 0 Å². The Morgan fingerprint density at radius 3 is 3.00 bits per heavy atom. The second-order valence-corrected chi connectivity index (χ2v) is 2.91. The van der Waals surface area contributed by atoms with Crippen molar-refractivity contribution in [3.05, 3.63) is 0 Å². The molecule has 2 aliphatic rings. The number of carbonyl (C=O) groups excluding carboxylic acids is 1. The number of carbonyl (C=O) groups is 1. The van der Waals surface area contributed by atoms with Crippen LogP contribution < -0.4 is 5.11 Å². The fourth-order valence-corrected chi connectivity index (χ4v) is 1.51. The maximum atomic E-state index is 10.5. The molecule has 0 aromatic heterocycles. The van der Waals surface area contributed by atoms with Gasteiger partial charge in [0.15, 0.2) is 0 Å². The molecule has 0 amide bonds. The van der Waals surface area contributed by atoms with Crippen molar-refractivity contribution in [2.75, 3.05) is 13.7 Å². The summed E-state index contributed by atoms with van der Waals surface area (Å²) in [5.41, 5.74) is 0. The third-order valence-electron chi connectivity index (χ3n) is 2.19. The average Bonchev–Trinajstić information content (AvgIpc) is 2.79. The van der Waals surface area contributed by atoms with Crippen LogP contribution in [-0.4, -0.2) is 44.1 Å². The number of hydrogen-bond donors (Lipinski definition) is 0. The molecule has 2 rings (SSSR count). The lowest BCUT2D eigenvalue weighted by Crippen LogP contribution is -2.51. The Balaban J connectivity index is 2.06. The molecular weight excluding hydrogens is 164 g/mol. The molecule has 5 heteroatoms. The molecule has 4 unspecified atom stereocenters. The zero-order valence-corrected chi connectivity index (χ0v) is 6.56. The van der Waals surface area contributed by atoms with Crippen molar-refractivity contribution >= 4 is 5.97 Å². The van der Waals surface area contributed by atoms with Crippen molar-refractivity contribution in [3.63, 3.8) is 0 Å². The molecule has 0 spiro atoms. The molecule has 2 saturated heterocycles. The van der Waals surface area contributed by atoms with E-state index in [0.29, 0.717) is 6.61 Å². The van der Waals surface area contributed by atoms with E-state index in [1.54, 1.807) is 0 Å². The summed E-state index contributed by atoms with van der Waals surface area (Å²) in [5, 5.41) is 10.5. The first-order valence-electron chi connectivity index (χ1n) is 3.74. The van der Waals surface area contributed by atoms with Gasteiger partial charge in [-0.05, 0) is 0 Å². The number of rotatable bonds is 2. The molecule has 2 aliphatic heterocycles. The highest BCUT2D eigenvalue weighted by molar-refractivity contribution is 5.71. The third kappa shape index (κ3) is 1.10. The maximum Gasteiger partial charge on any atom is 0.126 e. The average molecular weight is 173 g/mol. The molecule has 12 heavy (non-hydrogen) atoms. The van der Waals surface area contributed by atoms with Crippen LogP contribution in [0.25, 0.3) is 0 Å². The quantitative estimate of drug-likeness (QED) is 0.448. The van der Waals surface area contributed by atoms with Crippen LogP contribution in [0.5, 0.6) is 0 Å². The SMILES string of the molecule is COC1C(C(=O)[O-])OCC2OC21. The van der Waals surface area contributed by atoms with Crippen LogP contribution in [0.15, 0.2) is 0 Å². The van der Waals surface area contributed by atoms with Crippen LogP contribution in [-0.2, 0) is 19.0 Å². The van der Waals surface area contributed by atoms with Gasteiger partial charge in [0.2, 0.25) is 0 Å². The van der Waals surface area contributed by atoms with Crippen molar-refractivity contribution in [2.24, 2.45) is 0 Å². The Morgan fingerprint density at radius 2 is 2.42 bits per heavy atom. The van der Waals surface area contributed by atoms with Gasteiger partial charge in [0.25, 0.3) is 0 Å². The minimum Gasteiger partial charge on any atom is -0.547 e. The molecule has 2 fully saturated rings. The van der Waals surface area contributed by atoms with Gasteiger partial charge in [-0.3, -0.25) is 0 Å². The highest BCUT2D eigenvalue weighted by Crippen LogP contribution is 2.34. The number of aliphatic carboxylic acids is 1. The monoisotopic (exact) mass is 173 g/mol. The molecule has 0 bridgehead atoms. The van der Waals surface area contributed by atoms with E-state index in [4.69, 9.17) is 14.2 Å². The molecule has 0 N–H and O–H groups in total. The first-order chi connectivity index (χ1) is 5.74. The van der Waals surface area contributed by atoms with Crippen LogP contribution in [0, 0.1) is 0 Å². The number of carboxylic acid groups (broad SMARTS) is 1. The lowest BCUT2D eigenvalue weighted by molar-refractivity contribution is -0.322. The maximum absolute atomic E-state index is 10.5. The largest absolute Gasteiger partial charge is 0.547 e. The fraction of sp³-hybridized carbons (Fsp3) is 0.857. The van der Waals surface area contributed by atoms with E-state index in [1.807, 2.05) is 0 Å². The normalized spacial score (nSPS) is 45.1. The van der Waals surface area contributed by atoms with Gasteiger partial charge < -0.3 is 24.1 Å². The number of carboxylic acids is 1. The topological polar surface area (TPSA) is 71.1 Å². The summed E-state index contributed by atoms with van der Waals surface area (Å²) in [6, 6.07) is 0. The highest BCUT2D eigenvalue weighted by atomic mass is 16.7. The van der Waals surface area contributed by atoms with Crippen LogP contribution in [0.4, 0.5) is 0 Å². The molecule has 4 atom stereocenters. The Hall–Kier alpha value is -0.650. The van der Waals surface area contributed by atoms with Crippen LogP contribution in [0.2, 0.25) is 0 Å². The van der Waals surface area contributed by atoms with E-state index < -0.39 is 18.2 Å². The van der Waals surface area contributed by atoms with Crippen LogP contribution in [0.3, 0.4) is 0 Å². The summed E-state index contributed by atoms with van der Waals surface area (Å²) in [6.45, 7) is 0.323. The van der Waals surface area contributed by atoms with E-state index in [-0.39, 0.29) is 12.2 Å². The minimum atomic E-state index is -1.24. The van der Waals surface area contributed by atoms with Gasteiger partial charge in [-0.25, -0.2) is 0 Å². The number of epoxide rings is 1. The predicted octanol–water partition coefficient (Wildman–Crippen LogP) is -2.08. The minimum absolute atomic E-state index is 0.0190. The zero-order valence-electron chi connectivity index (χ0n) is 6.56. The Morgan fingerprint density at radius 1 is 1.67 bits per heavy atom. The predicted molar refractivity (Wildman–Crippen MR) is 34.2 cm³/mol. The molecule has 0 aromatic rings. The molecule has 0 radical (unpaired) electrons. The second-order valence-electron chi connectivity index (χ2n) is 2.91. The molecule has 0 aromatic carbocycles. The highest BCUT2D eigenvalue weighted by Gasteiger charge is 2.53. The summed E-state index contributed by atoms with van der Waals surface area (Å²) >= 11 is 0. The molecule has 68 valence electrons. The van der Waals surface area contributed by atoms with Gasteiger partial charge in [-0.1, -0.05) is 0 Å². The van der Waals surface area contributed by atoms with Gasteiger partial charge in [-0.2, -0.15) is 0 Å². The Bertz CT molecular complexity index is 204. The number of fused-ring (bicyclic) bond motifs is 1. The van der Waals surface area contributed by atoms with Gasteiger partial charge in [-0.15, -0.1) is 0 Å². The van der Waals surface area contributed by atoms with E-state index in [0.717, 1.165) is 0 Å². The third-order valence-corrected chi connectivity index (χ3v) is 2.19. The molecular formula is C7H9O5-. The first kappa shape index (κ1) is 7.97. The summed E-state index contributed by atoms with van der Waals surface area (Å²) in [4.78, 5) is 10.5. The first-order valence-corrected chi connectivity index (χ1v) is 3.74. The fourth-order valence-electron chi connectivity index (χ4n) is 1.51. The summed E-state index contributed by atoms with van der Waals surface area (Å²) in [7, 11) is 1.44. The van der Waals surface area contributed by atoms with E-state index in [1.165, 1.54) is 7.11 Å². The van der Waals surface area contributed by atoms with Crippen molar-refractivity contribution in [3.8, 4) is 0 Å². The van der Waals surface area contributed by atoms with Crippen molar-refractivity contribution in [1.29, 1.82) is 0 Å². The molecule has 2 heterocycles. The van der Waals surface area contributed by atoms with Crippen molar-refractivity contribution in [1.82, 2.24) is 0 Å². The van der Waals surface area contributed by atoms with Crippen molar-refractivity contribution in [2.45, 2.75) is 24.4 Å². The van der Waals surface area contributed by atoms with Crippen LogP contribution >= 0.6 is 0 Å². The van der Waals surface area contributed by atoms with E-state index in [9.17, 15) is 9.90 Å². The molecule has 0 aliphatic carbocycles. The zero-order chi connectivity index (χ0) is 8.72. The van der Waals surface area contributed by atoms with Gasteiger partial charge in [0.1, 0.15) is 24.4 Å². The number of ether oxygens (including phenoxy) is 3. The second kappa shape index (κ2) is 2.69. The van der Waals surface area contributed by atoms with Crippen molar-refractivity contribution < 1.29 is 24.1 Å². The summed E-state index contributed by atoms with van der Waals surface area (Å²) < 4.78 is 15.1. The van der Waals surface area contributed by atoms with E-state index in [2.05, 4.69) is 0 Å². The Kier molecular flexibility index (Phi) is 1.79. The van der Waals surface area contributed by atoms with Crippen LogP contribution in [0.1, 0.15) is 0 Å².